The molecule has 3 heterocycles. The molecule has 0 aliphatic carbocycles. The zero-order chi connectivity index (χ0) is 11.2. The Bertz CT molecular complexity index is 231. The quantitative estimate of drug-likeness (QED) is 0.661. The van der Waals surface area contributed by atoms with E-state index in [0.717, 1.165) is 19.1 Å². The van der Waals surface area contributed by atoms with Crippen LogP contribution in [0, 0.1) is 11.3 Å². The van der Waals surface area contributed by atoms with Crippen LogP contribution in [0.3, 0.4) is 0 Å². The third kappa shape index (κ3) is 2.07. The third-order valence-electron chi connectivity index (χ3n) is 4.11. The molecule has 3 aliphatic rings. The van der Waals surface area contributed by atoms with Gasteiger partial charge in [-0.05, 0) is 31.6 Å². The van der Waals surface area contributed by atoms with Gasteiger partial charge in [-0.1, -0.05) is 20.8 Å². The van der Waals surface area contributed by atoms with Crippen LogP contribution in [0.25, 0.3) is 0 Å². The van der Waals surface area contributed by atoms with Gasteiger partial charge < -0.3 is 4.74 Å². The summed E-state index contributed by atoms with van der Waals surface area (Å²) in [5, 5.41) is 0. The lowest BCUT2D eigenvalue weighted by molar-refractivity contribution is -0.167. The van der Waals surface area contributed by atoms with Crippen LogP contribution >= 0.6 is 0 Å². The lowest BCUT2D eigenvalue weighted by Gasteiger charge is -2.54. The second-order valence-corrected chi connectivity index (χ2v) is 6.52. The molecule has 0 aromatic carbocycles. The molecule has 3 rings (SSSR count). The monoisotopic (exact) mass is 211 g/mol. The van der Waals surface area contributed by atoms with E-state index in [1.54, 1.807) is 0 Å². The summed E-state index contributed by atoms with van der Waals surface area (Å²) in [6.45, 7) is 13.7. The highest BCUT2D eigenvalue weighted by atomic mass is 16.5. The van der Waals surface area contributed by atoms with E-state index in [1.165, 1.54) is 6.42 Å². The van der Waals surface area contributed by atoms with Crippen molar-refractivity contribution in [3.05, 3.63) is 0 Å². The molecule has 3 atom stereocenters. The molecule has 0 aromatic rings. The number of nitrogens with zero attached hydrogens (tertiary/aromatic N) is 1. The van der Waals surface area contributed by atoms with Crippen molar-refractivity contribution in [2.24, 2.45) is 11.3 Å². The molecule has 0 saturated carbocycles. The van der Waals surface area contributed by atoms with Crippen molar-refractivity contribution in [1.82, 2.24) is 4.90 Å². The van der Waals surface area contributed by atoms with E-state index in [-0.39, 0.29) is 0 Å². The molecule has 3 aliphatic heterocycles. The second kappa shape index (κ2) is 3.74. The summed E-state index contributed by atoms with van der Waals surface area (Å²) in [5.74, 6) is 0.742. The van der Waals surface area contributed by atoms with Gasteiger partial charge in [-0.3, -0.25) is 4.90 Å². The minimum Gasteiger partial charge on any atom is -0.375 e. The van der Waals surface area contributed by atoms with Gasteiger partial charge in [0.25, 0.3) is 0 Å². The first-order chi connectivity index (χ1) is 6.89. The molecular weight excluding hydrogens is 186 g/mol. The summed E-state index contributed by atoms with van der Waals surface area (Å²) >= 11 is 0. The van der Waals surface area contributed by atoms with Crippen LogP contribution in [0.4, 0.5) is 0 Å². The lowest BCUT2D eigenvalue weighted by atomic mass is 9.70. The average Bonchev–Trinajstić information content (AvgIpc) is 2.16. The summed E-state index contributed by atoms with van der Waals surface area (Å²) in [5.41, 5.74) is 0.395. The van der Waals surface area contributed by atoms with Crippen LogP contribution in [-0.2, 0) is 4.74 Å². The van der Waals surface area contributed by atoms with Gasteiger partial charge in [-0.15, -0.1) is 0 Å². The molecule has 0 amide bonds. The molecule has 0 aromatic heterocycles. The van der Waals surface area contributed by atoms with Gasteiger partial charge in [0.05, 0.1) is 12.7 Å². The third-order valence-corrected chi connectivity index (χ3v) is 4.11. The van der Waals surface area contributed by atoms with Gasteiger partial charge in [0.1, 0.15) is 0 Å². The summed E-state index contributed by atoms with van der Waals surface area (Å²) in [7, 11) is 0. The van der Waals surface area contributed by atoms with Crippen molar-refractivity contribution in [2.75, 3.05) is 13.2 Å². The Balaban J connectivity index is 2.09. The van der Waals surface area contributed by atoms with Crippen LogP contribution < -0.4 is 0 Å². The minimum absolute atomic E-state index is 0.395. The molecule has 1 unspecified atom stereocenters. The van der Waals surface area contributed by atoms with Crippen molar-refractivity contribution < 1.29 is 4.74 Å². The number of piperidine rings is 1. The largest absolute Gasteiger partial charge is 0.375 e. The topological polar surface area (TPSA) is 12.5 Å². The Morgan fingerprint density at radius 3 is 2.33 bits per heavy atom. The van der Waals surface area contributed by atoms with Crippen LogP contribution in [-0.4, -0.2) is 36.2 Å². The molecule has 88 valence electrons. The highest BCUT2D eigenvalue weighted by molar-refractivity contribution is 4.97. The van der Waals surface area contributed by atoms with E-state index in [1.807, 2.05) is 0 Å². The van der Waals surface area contributed by atoms with E-state index in [4.69, 9.17) is 4.74 Å². The maximum atomic E-state index is 5.95. The number of morpholine rings is 1. The summed E-state index contributed by atoms with van der Waals surface area (Å²) < 4.78 is 5.95. The van der Waals surface area contributed by atoms with Gasteiger partial charge in [0.2, 0.25) is 0 Å². The maximum absolute atomic E-state index is 5.95. The number of hydrogen-bond acceptors (Lipinski definition) is 2. The molecule has 3 fully saturated rings. The second-order valence-electron chi connectivity index (χ2n) is 6.52. The SMILES string of the molecule is CC(C)N1C[C@H]2OC[C@@H]1CC2C(C)(C)C. The van der Waals surface area contributed by atoms with Gasteiger partial charge in [-0.25, -0.2) is 0 Å². The Morgan fingerprint density at radius 1 is 1.27 bits per heavy atom. The molecule has 15 heavy (non-hydrogen) atoms. The van der Waals surface area contributed by atoms with Crippen molar-refractivity contribution in [2.45, 2.75) is 59.2 Å². The Hall–Kier alpha value is -0.0800. The smallest absolute Gasteiger partial charge is 0.0736 e. The molecule has 2 heteroatoms. The number of rotatable bonds is 1. The van der Waals surface area contributed by atoms with E-state index in [2.05, 4.69) is 39.5 Å². The molecular formula is C13H25NO. The highest BCUT2D eigenvalue weighted by Gasteiger charge is 2.46. The van der Waals surface area contributed by atoms with E-state index in [9.17, 15) is 0 Å². The van der Waals surface area contributed by atoms with Crippen LogP contribution in [0.1, 0.15) is 41.0 Å². The van der Waals surface area contributed by atoms with Gasteiger partial charge >= 0.3 is 0 Å². The fraction of sp³-hybridized carbons (Fsp3) is 1.00. The molecule has 0 N–H and O–H groups in total. The summed E-state index contributed by atoms with van der Waals surface area (Å²) in [6, 6.07) is 1.33. The molecule has 0 spiro atoms. The number of ether oxygens (including phenoxy) is 1. The van der Waals surface area contributed by atoms with Crippen molar-refractivity contribution in [3.63, 3.8) is 0 Å². The Kier molecular flexibility index (Phi) is 2.85. The normalized spacial score (nSPS) is 37.6. The van der Waals surface area contributed by atoms with Gasteiger partial charge in [0.15, 0.2) is 0 Å². The van der Waals surface area contributed by atoms with Gasteiger partial charge in [-0.2, -0.15) is 0 Å². The van der Waals surface area contributed by atoms with Crippen molar-refractivity contribution >= 4 is 0 Å². The fourth-order valence-electron chi connectivity index (χ4n) is 3.18. The first-order valence-electron chi connectivity index (χ1n) is 6.27. The van der Waals surface area contributed by atoms with E-state index in [0.29, 0.717) is 23.6 Å². The molecule has 0 radical (unpaired) electrons. The standard InChI is InChI=1S/C13H25NO/c1-9(2)14-7-12-11(13(3,4)5)6-10(14)8-15-12/h9-12H,6-8H2,1-5H3/t10-,11?,12+/m0/s1. The molecule has 2 nitrogen and oxygen atoms in total. The Labute approximate surface area is 94.0 Å². The van der Waals surface area contributed by atoms with Crippen LogP contribution in [0.5, 0.6) is 0 Å². The maximum Gasteiger partial charge on any atom is 0.0736 e. The first kappa shape index (κ1) is 11.4. The minimum atomic E-state index is 0.395. The summed E-state index contributed by atoms with van der Waals surface area (Å²) in [6.07, 6.45) is 1.80. The van der Waals surface area contributed by atoms with Crippen LogP contribution in [0.2, 0.25) is 0 Å². The fourth-order valence-corrected chi connectivity index (χ4v) is 3.18. The van der Waals surface area contributed by atoms with E-state index < -0.39 is 0 Å². The van der Waals surface area contributed by atoms with Crippen molar-refractivity contribution in [3.8, 4) is 0 Å². The van der Waals surface area contributed by atoms with Crippen LogP contribution in [0.15, 0.2) is 0 Å². The molecule has 2 bridgehead atoms. The Morgan fingerprint density at radius 2 is 1.93 bits per heavy atom. The number of hydrogen-bond donors (Lipinski definition) is 0. The zero-order valence-corrected chi connectivity index (χ0v) is 10.8. The van der Waals surface area contributed by atoms with Crippen molar-refractivity contribution in [1.29, 1.82) is 0 Å². The highest BCUT2D eigenvalue weighted by Crippen LogP contribution is 2.42. The number of fused-ring (bicyclic) bond motifs is 3. The predicted molar refractivity (Wildman–Crippen MR) is 62.9 cm³/mol. The predicted octanol–water partition coefficient (Wildman–Crippen LogP) is 2.53. The first-order valence-corrected chi connectivity index (χ1v) is 6.27. The molecule has 3 saturated heterocycles. The zero-order valence-electron chi connectivity index (χ0n) is 10.8. The average molecular weight is 211 g/mol. The lowest BCUT2D eigenvalue weighted by Crippen LogP contribution is -2.62. The van der Waals surface area contributed by atoms with Gasteiger partial charge in [0, 0.05) is 18.6 Å². The summed E-state index contributed by atoms with van der Waals surface area (Å²) in [4.78, 5) is 2.62. The van der Waals surface area contributed by atoms with E-state index >= 15 is 0 Å².